The summed E-state index contributed by atoms with van der Waals surface area (Å²) >= 11 is 1.59. The lowest BCUT2D eigenvalue weighted by Gasteiger charge is -2.11. The molecule has 134 valence electrons. The Labute approximate surface area is 153 Å². The van der Waals surface area contributed by atoms with Crippen LogP contribution in [0, 0.1) is 13.8 Å². The fraction of sp³-hybridized carbons (Fsp3) is 0.421. The first kappa shape index (κ1) is 19.1. The number of ether oxygens (including phenoxy) is 1. The van der Waals surface area contributed by atoms with Gasteiger partial charge in [-0.1, -0.05) is 6.07 Å². The number of benzene rings is 1. The summed E-state index contributed by atoms with van der Waals surface area (Å²) in [5.74, 6) is -0.286. The monoisotopic (exact) mass is 359 g/mol. The molecule has 1 aromatic heterocycles. The highest BCUT2D eigenvalue weighted by Crippen LogP contribution is 2.26. The third kappa shape index (κ3) is 5.67. The Morgan fingerprint density at radius 3 is 2.80 bits per heavy atom. The molecule has 0 radical (unpaired) electrons. The van der Waals surface area contributed by atoms with Crippen molar-refractivity contribution in [1.82, 2.24) is 9.88 Å². The summed E-state index contributed by atoms with van der Waals surface area (Å²) in [4.78, 5) is 22.0. The van der Waals surface area contributed by atoms with E-state index in [2.05, 4.69) is 42.9 Å². The zero-order valence-corrected chi connectivity index (χ0v) is 16.3. The summed E-state index contributed by atoms with van der Waals surface area (Å²) in [6, 6.07) is 4.30. The van der Waals surface area contributed by atoms with E-state index >= 15 is 0 Å². The number of esters is 1. The number of rotatable bonds is 7. The van der Waals surface area contributed by atoms with Gasteiger partial charge in [0.05, 0.1) is 22.7 Å². The van der Waals surface area contributed by atoms with Crippen molar-refractivity contribution in [2.45, 2.75) is 40.7 Å². The molecule has 2 rings (SSSR count). The number of carbonyl (C=O) groups is 1. The largest absolute Gasteiger partial charge is 0.459 e. The molecule has 0 aliphatic rings. The smallest absolute Gasteiger partial charge is 0.303 e. The van der Waals surface area contributed by atoms with E-state index in [1.165, 1.54) is 18.1 Å². The second kappa shape index (κ2) is 8.76. The van der Waals surface area contributed by atoms with Crippen molar-refractivity contribution in [2.75, 3.05) is 13.6 Å². The zero-order chi connectivity index (χ0) is 18.4. The molecular weight excluding hydrogens is 334 g/mol. The minimum atomic E-state index is -0.286. The number of hydrogen-bond acceptors (Lipinski definition) is 5. The predicted octanol–water partition coefficient (Wildman–Crippen LogP) is 4.03. The maximum absolute atomic E-state index is 10.9. The molecule has 6 heteroatoms. The summed E-state index contributed by atoms with van der Waals surface area (Å²) in [5.41, 5.74) is 5.39. The number of aliphatic imine (C=N–C) groups is 1. The van der Waals surface area contributed by atoms with Crippen LogP contribution in [-0.2, 0) is 22.6 Å². The standard InChI is InChI=1S/C19H25N3O2S/c1-6-22(5)12-20-18-8-13(2)16(7-14(18)3)9-19-21-17(11-25-19)10-24-15(4)23/h7-8,11-12H,6,9-10H2,1-5H3. The molecule has 1 aromatic carbocycles. The van der Waals surface area contributed by atoms with E-state index in [4.69, 9.17) is 4.74 Å². The Kier molecular flexibility index (Phi) is 6.70. The number of aryl methyl sites for hydroxylation is 2. The van der Waals surface area contributed by atoms with Gasteiger partial charge in [-0.05, 0) is 43.5 Å². The topological polar surface area (TPSA) is 54.8 Å². The van der Waals surface area contributed by atoms with Gasteiger partial charge >= 0.3 is 5.97 Å². The summed E-state index contributed by atoms with van der Waals surface area (Å²) in [6.07, 6.45) is 2.64. The normalized spacial score (nSPS) is 11.1. The second-order valence-electron chi connectivity index (χ2n) is 6.07. The van der Waals surface area contributed by atoms with Crippen LogP contribution in [0.3, 0.4) is 0 Å². The van der Waals surface area contributed by atoms with Crippen LogP contribution < -0.4 is 0 Å². The Morgan fingerprint density at radius 1 is 1.36 bits per heavy atom. The minimum absolute atomic E-state index is 0.239. The first-order valence-corrected chi connectivity index (χ1v) is 9.18. The fourth-order valence-electron chi connectivity index (χ4n) is 2.27. The highest BCUT2D eigenvalue weighted by molar-refractivity contribution is 7.09. The van der Waals surface area contributed by atoms with Gasteiger partial charge in [-0.2, -0.15) is 0 Å². The second-order valence-corrected chi connectivity index (χ2v) is 7.02. The SMILES string of the molecule is CCN(C)C=Nc1cc(C)c(Cc2nc(COC(C)=O)cs2)cc1C. The first-order valence-electron chi connectivity index (χ1n) is 8.30. The molecule has 0 fully saturated rings. The lowest BCUT2D eigenvalue weighted by atomic mass is 10.0. The number of aromatic nitrogens is 1. The lowest BCUT2D eigenvalue weighted by Crippen LogP contribution is -2.14. The van der Waals surface area contributed by atoms with Gasteiger partial charge in [0, 0.05) is 32.3 Å². The number of hydrogen-bond donors (Lipinski definition) is 0. The van der Waals surface area contributed by atoms with Crippen LogP contribution in [0.5, 0.6) is 0 Å². The van der Waals surface area contributed by atoms with E-state index in [9.17, 15) is 4.79 Å². The molecule has 0 aliphatic heterocycles. The molecule has 25 heavy (non-hydrogen) atoms. The molecule has 0 saturated carbocycles. The third-order valence-corrected chi connectivity index (χ3v) is 4.81. The van der Waals surface area contributed by atoms with E-state index in [1.807, 2.05) is 23.7 Å². The van der Waals surface area contributed by atoms with E-state index in [0.717, 1.165) is 34.9 Å². The molecule has 5 nitrogen and oxygen atoms in total. The molecule has 0 aliphatic carbocycles. The predicted molar refractivity (Wildman–Crippen MR) is 103 cm³/mol. The van der Waals surface area contributed by atoms with Crippen molar-refractivity contribution in [3.8, 4) is 0 Å². The Hall–Kier alpha value is -2.21. The number of carbonyl (C=O) groups excluding carboxylic acids is 1. The summed E-state index contributed by atoms with van der Waals surface area (Å²) < 4.78 is 4.99. The summed E-state index contributed by atoms with van der Waals surface area (Å²) in [6.45, 7) is 8.85. The quantitative estimate of drug-likeness (QED) is 0.425. The van der Waals surface area contributed by atoms with Gasteiger partial charge in [0.25, 0.3) is 0 Å². The van der Waals surface area contributed by atoms with Crippen LogP contribution >= 0.6 is 11.3 Å². The van der Waals surface area contributed by atoms with Gasteiger partial charge in [0.15, 0.2) is 0 Å². The highest BCUT2D eigenvalue weighted by Gasteiger charge is 2.09. The number of nitrogens with zero attached hydrogens (tertiary/aromatic N) is 3. The molecule has 0 unspecified atom stereocenters. The van der Waals surface area contributed by atoms with Gasteiger partial charge in [0.1, 0.15) is 6.61 Å². The van der Waals surface area contributed by atoms with E-state index in [0.29, 0.717) is 0 Å². The fourth-order valence-corrected chi connectivity index (χ4v) is 3.07. The Morgan fingerprint density at radius 2 is 2.12 bits per heavy atom. The molecule has 0 N–H and O–H groups in total. The Balaban J connectivity index is 2.11. The average Bonchev–Trinajstić information content (AvgIpc) is 3.02. The lowest BCUT2D eigenvalue weighted by molar-refractivity contribution is -0.142. The maximum atomic E-state index is 10.9. The molecule has 1 heterocycles. The van der Waals surface area contributed by atoms with Crippen molar-refractivity contribution in [3.05, 3.63) is 44.9 Å². The van der Waals surface area contributed by atoms with Crippen molar-refractivity contribution >= 4 is 29.3 Å². The van der Waals surface area contributed by atoms with Gasteiger partial charge in [-0.25, -0.2) is 9.98 Å². The van der Waals surface area contributed by atoms with Crippen molar-refractivity contribution < 1.29 is 9.53 Å². The maximum Gasteiger partial charge on any atom is 0.303 e. The summed E-state index contributed by atoms with van der Waals surface area (Å²) in [7, 11) is 2.01. The molecule has 0 spiro atoms. The van der Waals surface area contributed by atoms with E-state index < -0.39 is 0 Å². The van der Waals surface area contributed by atoms with Crippen molar-refractivity contribution in [2.24, 2.45) is 4.99 Å². The molecule has 2 aromatic rings. The van der Waals surface area contributed by atoms with Crippen LogP contribution in [0.2, 0.25) is 0 Å². The van der Waals surface area contributed by atoms with E-state index in [1.54, 1.807) is 11.3 Å². The zero-order valence-electron chi connectivity index (χ0n) is 15.5. The molecule has 0 saturated heterocycles. The van der Waals surface area contributed by atoms with Gasteiger partial charge in [-0.15, -0.1) is 11.3 Å². The van der Waals surface area contributed by atoms with Gasteiger partial charge in [0.2, 0.25) is 0 Å². The van der Waals surface area contributed by atoms with Gasteiger partial charge in [-0.3, -0.25) is 4.79 Å². The Bertz CT molecular complexity index is 768. The molecule has 0 atom stereocenters. The number of thiazole rings is 1. The van der Waals surface area contributed by atoms with Crippen LogP contribution in [0.4, 0.5) is 5.69 Å². The molecule has 0 bridgehead atoms. The van der Waals surface area contributed by atoms with Crippen LogP contribution in [0.25, 0.3) is 0 Å². The highest BCUT2D eigenvalue weighted by atomic mass is 32.1. The average molecular weight is 359 g/mol. The third-order valence-electron chi connectivity index (χ3n) is 3.91. The van der Waals surface area contributed by atoms with Crippen LogP contribution in [0.1, 0.15) is 41.2 Å². The van der Waals surface area contributed by atoms with Crippen molar-refractivity contribution in [3.63, 3.8) is 0 Å². The molecular formula is C19H25N3O2S. The molecule has 0 amide bonds. The minimum Gasteiger partial charge on any atom is -0.459 e. The van der Waals surface area contributed by atoms with Crippen LogP contribution in [-0.4, -0.2) is 35.8 Å². The van der Waals surface area contributed by atoms with Crippen LogP contribution in [0.15, 0.2) is 22.5 Å². The summed E-state index contributed by atoms with van der Waals surface area (Å²) in [5, 5.41) is 2.96. The van der Waals surface area contributed by atoms with Crippen molar-refractivity contribution in [1.29, 1.82) is 0 Å². The first-order chi connectivity index (χ1) is 11.9. The van der Waals surface area contributed by atoms with Gasteiger partial charge < -0.3 is 9.64 Å². The van der Waals surface area contributed by atoms with E-state index in [-0.39, 0.29) is 12.6 Å².